The predicted octanol–water partition coefficient (Wildman–Crippen LogP) is 4.68. The summed E-state index contributed by atoms with van der Waals surface area (Å²) in [5.74, 6) is 7.81. The van der Waals surface area contributed by atoms with Gasteiger partial charge in [0.2, 0.25) is 0 Å². The van der Waals surface area contributed by atoms with Crippen molar-refractivity contribution in [3.05, 3.63) is 79.7 Å². The summed E-state index contributed by atoms with van der Waals surface area (Å²) in [5, 5.41) is 0. The molecule has 0 saturated carbocycles. The highest BCUT2D eigenvalue weighted by molar-refractivity contribution is 9.11. The molecular formula is C23H21BrN4O2S. The zero-order valence-corrected chi connectivity index (χ0v) is 19.5. The van der Waals surface area contributed by atoms with Crippen LogP contribution in [0.25, 0.3) is 11.0 Å². The van der Waals surface area contributed by atoms with Crippen LogP contribution in [0.3, 0.4) is 0 Å². The molecule has 0 fully saturated rings. The first-order chi connectivity index (χ1) is 15.0. The molecule has 1 atom stereocenters. The molecule has 0 spiro atoms. The fourth-order valence-corrected chi connectivity index (χ4v) is 5.93. The minimum absolute atomic E-state index is 0.0242. The molecule has 3 heterocycles. The molecule has 0 radical (unpaired) electrons. The van der Waals surface area contributed by atoms with Crippen molar-refractivity contribution in [1.29, 1.82) is 0 Å². The lowest BCUT2D eigenvalue weighted by atomic mass is 9.97. The zero-order valence-electron chi connectivity index (χ0n) is 17.1. The van der Waals surface area contributed by atoms with Crippen LogP contribution in [0, 0.1) is 6.92 Å². The van der Waals surface area contributed by atoms with Crippen LogP contribution in [-0.2, 0) is 6.42 Å². The molecule has 5 rings (SSSR count). The molecule has 1 unspecified atom stereocenters. The predicted molar refractivity (Wildman–Crippen MR) is 126 cm³/mol. The number of carbonyl (C=O) groups excluding carboxylic acids is 1. The van der Waals surface area contributed by atoms with Gasteiger partial charge in [-0.15, -0.1) is 11.3 Å². The van der Waals surface area contributed by atoms with Gasteiger partial charge in [0.15, 0.2) is 5.82 Å². The van der Waals surface area contributed by atoms with Gasteiger partial charge >= 0.3 is 0 Å². The standard InChI is InChI=1S/C23H21BrN4O2S/c1-13-7-8-18(30-2)14(11-13)21(22-26-16-5-3-4-6-17(16)28(22)25)27-10-9-19-15(23(27)29)12-20(24)31-19/h3-8,11-12,21H,9-10,25H2,1-2H3. The Hall–Kier alpha value is -2.84. The highest BCUT2D eigenvalue weighted by Gasteiger charge is 2.37. The van der Waals surface area contributed by atoms with Crippen molar-refractivity contribution in [2.45, 2.75) is 19.4 Å². The molecule has 1 aliphatic rings. The van der Waals surface area contributed by atoms with Crippen molar-refractivity contribution in [2.24, 2.45) is 0 Å². The Morgan fingerprint density at radius 1 is 1.23 bits per heavy atom. The maximum Gasteiger partial charge on any atom is 0.255 e. The van der Waals surface area contributed by atoms with E-state index in [0.29, 0.717) is 18.1 Å². The number of ether oxygens (including phenoxy) is 1. The van der Waals surface area contributed by atoms with Crippen LogP contribution in [0.15, 0.2) is 52.3 Å². The number of aryl methyl sites for hydroxylation is 1. The van der Waals surface area contributed by atoms with Crippen LogP contribution in [-0.4, -0.2) is 34.1 Å². The molecule has 0 bridgehead atoms. The Kier molecular flexibility index (Phi) is 4.98. The fourth-order valence-electron chi connectivity index (χ4n) is 4.26. The number of methoxy groups -OCH3 is 1. The second-order valence-corrected chi connectivity index (χ2v) is 10.1. The average molecular weight is 497 g/mol. The van der Waals surface area contributed by atoms with Crippen molar-refractivity contribution in [3.63, 3.8) is 0 Å². The van der Waals surface area contributed by atoms with Gasteiger partial charge in [0.25, 0.3) is 5.91 Å². The molecule has 2 aromatic carbocycles. The van der Waals surface area contributed by atoms with Crippen LogP contribution in [0.5, 0.6) is 5.75 Å². The lowest BCUT2D eigenvalue weighted by Crippen LogP contribution is -2.41. The maximum absolute atomic E-state index is 13.6. The Labute approximate surface area is 192 Å². The number of nitrogens with two attached hydrogens (primary N) is 1. The maximum atomic E-state index is 13.6. The van der Waals surface area contributed by atoms with Crippen molar-refractivity contribution >= 4 is 44.2 Å². The summed E-state index contributed by atoms with van der Waals surface area (Å²) in [6.45, 7) is 2.60. The van der Waals surface area contributed by atoms with Crippen molar-refractivity contribution in [1.82, 2.24) is 14.6 Å². The van der Waals surface area contributed by atoms with Gasteiger partial charge in [-0.25, -0.2) is 9.66 Å². The Morgan fingerprint density at radius 3 is 2.81 bits per heavy atom. The molecule has 6 nitrogen and oxygen atoms in total. The Morgan fingerprint density at radius 2 is 2.03 bits per heavy atom. The van der Waals surface area contributed by atoms with Gasteiger partial charge < -0.3 is 15.5 Å². The summed E-state index contributed by atoms with van der Waals surface area (Å²) in [6, 6.07) is 15.1. The molecule has 4 aromatic rings. The molecule has 2 aromatic heterocycles. The quantitative estimate of drug-likeness (QED) is 0.416. The molecule has 1 aliphatic heterocycles. The van der Waals surface area contributed by atoms with Gasteiger partial charge in [0.05, 0.1) is 27.5 Å². The summed E-state index contributed by atoms with van der Waals surface area (Å²) >= 11 is 5.14. The van der Waals surface area contributed by atoms with Crippen LogP contribution in [0.1, 0.15) is 38.2 Å². The Bertz CT molecular complexity index is 1310. The monoisotopic (exact) mass is 496 g/mol. The second kappa shape index (κ2) is 7.69. The smallest absolute Gasteiger partial charge is 0.255 e. The molecule has 31 heavy (non-hydrogen) atoms. The van der Waals surface area contributed by atoms with Gasteiger partial charge in [-0.05, 0) is 53.2 Å². The van der Waals surface area contributed by atoms with Gasteiger partial charge in [0.1, 0.15) is 11.8 Å². The lowest BCUT2D eigenvalue weighted by Gasteiger charge is -2.35. The first-order valence-corrected chi connectivity index (χ1v) is 11.5. The van der Waals surface area contributed by atoms with Gasteiger partial charge in [-0.2, -0.15) is 0 Å². The fraction of sp³-hybridized carbons (Fsp3) is 0.217. The number of para-hydroxylation sites is 2. The number of nitrogen functional groups attached to an aromatic ring is 1. The highest BCUT2D eigenvalue weighted by Crippen LogP contribution is 2.40. The van der Waals surface area contributed by atoms with E-state index >= 15 is 0 Å². The molecule has 1 amide bonds. The van der Waals surface area contributed by atoms with E-state index in [-0.39, 0.29) is 5.91 Å². The van der Waals surface area contributed by atoms with E-state index in [0.717, 1.165) is 42.8 Å². The minimum atomic E-state index is -0.480. The number of imidazole rings is 1. The van der Waals surface area contributed by atoms with Gasteiger partial charge in [0, 0.05) is 23.4 Å². The molecule has 8 heteroatoms. The normalized spacial score (nSPS) is 14.7. The zero-order chi connectivity index (χ0) is 21.7. The summed E-state index contributed by atoms with van der Waals surface area (Å²) in [6.07, 6.45) is 0.784. The number of fused-ring (bicyclic) bond motifs is 2. The molecule has 2 N–H and O–H groups in total. The van der Waals surface area contributed by atoms with E-state index < -0.39 is 6.04 Å². The largest absolute Gasteiger partial charge is 0.496 e. The second-order valence-electron chi connectivity index (χ2n) is 7.61. The van der Waals surface area contributed by atoms with Crippen molar-refractivity contribution < 1.29 is 9.53 Å². The van der Waals surface area contributed by atoms with E-state index in [2.05, 4.69) is 22.0 Å². The minimum Gasteiger partial charge on any atom is -0.496 e. The summed E-state index contributed by atoms with van der Waals surface area (Å²) < 4.78 is 8.25. The molecular weight excluding hydrogens is 476 g/mol. The number of amides is 1. The third-order valence-electron chi connectivity index (χ3n) is 5.71. The third kappa shape index (κ3) is 3.30. The number of halogens is 1. The van der Waals surface area contributed by atoms with Gasteiger partial charge in [-0.3, -0.25) is 4.79 Å². The van der Waals surface area contributed by atoms with E-state index in [1.165, 1.54) is 0 Å². The first kappa shape index (κ1) is 20.1. The average Bonchev–Trinajstić information content (AvgIpc) is 3.31. The van der Waals surface area contributed by atoms with Crippen molar-refractivity contribution in [2.75, 3.05) is 19.5 Å². The first-order valence-electron chi connectivity index (χ1n) is 9.94. The summed E-state index contributed by atoms with van der Waals surface area (Å²) in [7, 11) is 1.64. The molecule has 158 valence electrons. The highest BCUT2D eigenvalue weighted by atomic mass is 79.9. The topological polar surface area (TPSA) is 73.4 Å². The van der Waals surface area contributed by atoms with E-state index in [1.54, 1.807) is 23.1 Å². The van der Waals surface area contributed by atoms with E-state index in [4.69, 9.17) is 15.6 Å². The molecule has 0 saturated heterocycles. The van der Waals surface area contributed by atoms with Crippen LogP contribution < -0.4 is 10.6 Å². The number of benzene rings is 2. The van der Waals surface area contributed by atoms with Crippen LogP contribution in [0.2, 0.25) is 0 Å². The number of aromatic nitrogens is 2. The Balaban J connectivity index is 1.73. The third-order valence-corrected chi connectivity index (χ3v) is 7.41. The summed E-state index contributed by atoms with van der Waals surface area (Å²) in [5.41, 5.74) is 4.29. The van der Waals surface area contributed by atoms with Crippen LogP contribution >= 0.6 is 27.3 Å². The van der Waals surface area contributed by atoms with Crippen molar-refractivity contribution in [3.8, 4) is 5.75 Å². The van der Waals surface area contributed by atoms with Gasteiger partial charge in [-0.1, -0.05) is 23.8 Å². The number of hydrogen-bond acceptors (Lipinski definition) is 5. The lowest BCUT2D eigenvalue weighted by molar-refractivity contribution is 0.0681. The SMILES string of the molecule is COc1ccc(C)cc1C(c1nc2ccccc2n1N)N1CCc2sc(Br)cc2C1=O. The summed E-state index contributed by atoms with van der Waals surface area (Å²) in [4.78, 5) is 21.4. The number of carbonyl (C=O) groups is 1. The number of rotatable bonds is 4. The number of nitrogens with zero attached hydrogens (tertiary/aromatic N) is 3. The number of thiophene rings is 1. The van der Waals surface area contributed by atoms with E-state index in [9.17, 15) is 4.79 Å². The van der Waals surface area contributed by atoms with Crippen LogP contribution in [0.4, 0.5) is 0 Å². The van der Waals surface area contributed by atoms with E-state index in [1.807, 2.05) is 54.3 Å². The number of hydrogen-bond donors (Lipinski definition) is 1. The molecule has 0 aliphatic carbocycles.